The molecule has 0 bridgehead atoms. The van der Waals surface area contributed by atoms with Crippen molar-refractivity contribution in [3.05, 3.63) is 73.2 Å². The number of anilines is 4. The molecule has 3 rings (SSSR count). The summed E-state index contributed by atoms with van der Waals surface area (Å²) in [6.45, 7) is 0. The SMILES string of the molecule is NC(=O)c1c(Cl)ccc(Nc2c(Nc3ccccc3F)c(=O)c2=O)c1O. The van der Waals surface area contributed by atoms with Crippen LogP contribution in [0.4, 0.5) is 27.1 Å². The molecule has 9 heteroatoms. The van der Waals surface area contributed by atoms with Crippen LogP contribution in [0.1, 0.15) is 10.4 Å². The van der Waals surface area contributed by atoms with E-state index < -0.39 is 28.3 Å². The maximum Gasteiger partial charge on any atom is 0.254 e. The Hall–Kier alpha value is -3.39. The molecule has 0 radical (unpaired) electrons. The van der Waals surface area contributed by atoms with Crippen LogP contribution in [0.2, 0.25) is 5.02 Å². The van der Waals surface area contributed by atoms with Gasteiger partial charge in [-0.15, -0.1) is 0 Å². The van der Waals surface area contributed by atoms with Crippen molar-refractivity contribution in [1.82, 2.24) is 0 Å². The number of phenols is 1. The number of rotatable bonds is 5. The Morgan fingerprint density at radius 2 is 1.58 bits per heavy atom. The average molecular weight is 376 g/mol. The fourth-order valence-corrected chi connectivity index (χ4v) is 2.61. The van der Waals surface area contributed by atoms with E-state index in [1.807, 2.05) is 0 Å². The van der Waals surface area contributed by atoms with Gasteiger partial charge in [0.25, 0.3) is 16.8 Å². The van der Waals surface area contributed by atoms with Gasteiger partial charge in [0.1, 0.15) is 22.8 Å². The number of primary amides is 1. The van der Waals surface area contributed by atoms with Crippen molar-refractivity contribution in [2.45, 2.75) is 0 Å². The van der Waals surface area contributed by atoms with Crippen molar-refractivity contribution in [3.8, 4) is 5.75 Å². The van der Waals surface area contributed by atoms with Crippen LogP contribution in [0.3, 0.4) is 0 Å². The number of halogens is 2. The number of carbonyl (C=O) groups excluding carboxylic acids is 1. The van der Waals surface area contributed by atoms with Crippen LogP contribution >= 0.6 is 11.6 Å². The second-order valence-corrected chi connectivity index (χ2v) is 5.73. The van der Waals surface area contributed by atoms with E-state index in [9.17, 15) is 23.9 Å². The number of benzene rings is 2. The molecular formula is C17H11ClFN3O4. The van der Waals surface area contributed by atoms with Crippen molar-refractivity contribution >= 4 is 40.3 Å². The molecule has 0 aliphatic heterocycles. The van der Waals surface area contributed by atoms with E-state index in [4.69, 9.17) is 17.3 Å². The lowest BCUT2D eigenvalue weighted by Gasteiger charge is -2.17. The van der Waals surface area contributed by atoms with Crippen molar-refractivity contribution in [2.24, 2.45) is 5.73 Å². The summed E-state index contributed by atoms with van der Waals surface area (Å²) in [5.74, 6) is -2.16. The van der Waals surface area contributed by atoms with E-state index in [1.165, 1.54) is 30.3 Å². The van der Waals surface area contributed by atoms with E-state index in [-0.39, 0.29) is 33.3 Å². The largest absolute Gasteiger partial charge is 0.505 e. The summed E-state index contributed by atoms with van der Waals surface area (Å²) in [5, 5.41) is 15.1. The van der Waals surface area contributed by atoms with E-state index >= 15 is 0 Å². The lowest BCUT2D eigenvalue weighted by Crippen LogP contribution is -2.36. The van der Waals surface area contributed by atoms with Gasteiger partial charge in [-0.05, 0) is 24.3 Å². The normalized spacial score (nSPS) is 10.7. The second kappa shape index (κ2) is 6.49. The summed E-state index contributed by atoms with van der Waals surface area (Å²) in [6.07, 6.45) is 0. The quantitative estimate of drug-likeness (QED) is 0.401. The molecule has 0 saturated carbocycles. The number of nitrogens with one attached hydrogen (secondary N) is 2. The second-order valence-electron chi connectivity index (χ2n) is 5.32. The molecule has 132 valence electrons. The van der Waals surface area contributed by atoms with Crippen LogP contribution in [0, 0.1) is 5.82 Å². The Morgan fingerprint density at radius 3 is 2.15 bits per heavy atom. The molecule has 0 spiro atoms. The first-order chi connectivity index (χ1) is 12.3. The molecule has 0 unspecified atom stereocenters. The molecule has 3 aromatic carbocycles. The maximum absolute atomic E-state index is 13.7. The molecule has 26 heavy (non-hydrogen) atoms. The molecule has 5 N–H and O–H groups in total. The zero-order valence-electron chi connectivity index (χ0n) is 13.0. The van der Waals surface area contributed by atoms with Gasteiger partial charge in [-0.25, -0.2) is 4.39 Å². The highest BCUT2D eigenvalue weighted by Gasteiger charge is 2.24. The highest BCUT2D eigenvalue weighted by Crippen LogP contribution is 2.35. The van der Waals surface area contributed by atoms with Gasteiger partial charge < -0.3 is 21.5 Å². The van der Waals surface area contributed by atoms with Crippen LogP contribution in [0.25, 0.3) is 0 Å². The predicted molar refractivity (Wildman–Crippen MR) is 96.0 cm³/mol. The van der Waals surface area contributed by atoms with Gasteiger partial charge >= 0.3 is 0 Å². The number of nitrogens with two attached hydrogens (primary N) is 1. The minimum atomic E-state index is -0.967. The van der Waals surface area contributed by atoms with E-state index in [0.717, 1.165) is 0 Å². The Bertz CT molecular complexity index is 1110. The number of hydrogen-bond donors (Lipinski definition) is 4. The Balaban J connectivity index is 1.98. The lowest BCUT2D eigenvalue weighted by molar-refractivity contribution is 0.0998. The highest BCUT2D eigenvalue weighted by molar-refractivity contribution is 6.34. The molecule has 0 saturated heterocycles. The third-order valence-electron chi connectivity index (χ3n) is 3.68. The molecule has 0 aliphatic carbocycles. The van der Waals surface area contributed by atoms with Gasteiger partial charge in [0.05, 0.1) is 16.4 Å². The average Bonchev–Trinajstić information content (AvgIpc) is 2.60. The first-order valence-corrected chi connectivity index (χ1v) is 7.62. The Morgan fingerprint density at radius 1 is 1.00 bits per heavy atom. The Labute approximate surface area is 150 Å². The summed E-state index contributed by atoms with van der Waals surface area (Å²) in [7, 11) is 0. The molecular weight excluding hydrogens is 365 g/mol. The standard InChI is InChI=1S/C17H11ClFN3O4/c18-7-5-6-10(14(23)11(7)17(20)26)22-13-12(15(24)16(13)25)21-9-4-2-1-3-8(9)19/h1-6,21-23H,(H2,20,26). The molecule has 0 aromatic heterocycles. The van der Waals surface area contributed by atoms with Crippen molar-refractivity contribution in [3.63, 3.8) is 0 Å². The first kappa shape index (κ1) is 17.4. The summed E-state index contributed by atoms with van der Waals surface area (Å²) in [5.41, 5.74) is 2.69. The molecule has 1 amide bonds. The lowest BCUT2D eigenvalue weighted by atomic mass is 10.1. The summed E-state index contributed by atoms with van der Waals surface area (Å²) >= 11 is 5.81. The minimum absolute atomic E-state index is 0.000744. The number of hydrogen-bond acceptors (Lipinski definition) is 6. The predicted octanol–water partition coefficient (Wildman–Crippen LogP) is 2.37. The van der Waals surface area contributed by atoms with Crippen LogP contribution in [0.15, 0.2) is 46.0 Å². The zero-order chi connectivity index (χ0) is 19.0. The van der Waals surface area contributed by atoms with Crippen LogP contribution in [-0.4, -0.2) is 11.0 Å². The van der Waals surface area contributed by atoms with Crippen LogP contribution in [0.5, 0.6) is 5.75 Å². The van der Waals surface area contributed by atoms with Crippen LogP contribution < -0.4 is 27.2 Å². The maximum atomic E-state index is 13.7. The minimum Gasteiger partial charge on any atom is -0.505 e. The number of carbonyl (C=O) groups is 1. The topological polar surface area (TPSA) is 122 Å². The molecule has 0 fully saturated rings. The molecule has 7 nitrogen and oxygen atoms in total. The number of para-hydroxylation sites is 1. The monoisotopic (exact) mass is 375 g/mol. The number of amides is 1. The highest BCUT2D eigenvalue weighted by atomic mass is 35.5. The van der Waals surface area contributed by atoms with Gasteiger partial charge in [-0.1, -0.05) is 23.7 Å². The van der Waals surface area contributed by atoms with Gasteiger partial charge in [0, 0.05) is 0 Å². The van der Waals surface area contributed by atoms with Crippen molar-refractivity contribution in [2.75, 3.05) is 10.6 Å². The third-order valence-corrected chi connectivity index (χ3v) is 3.99. The van der Waals surface area contributed by atoms with Crippen molar-refractivity contribution < 1.29 is 14.3 Å². The molecule has 0 atom stereocenters. The fraction of sp³-hybridized carbons (Fsp3) is 0. The van der Waals surface area contributed by atoms with E-state index in [2.05, 4.69) is 10.6 Å². The smallest absolute Gasteiger partial charge is 0.254 e. The van der Waals surface area contributed by atoms with Gasteiger partial charge in [0.15, 0.2) is 5.75 Å². The number of aromatic hydroxyl groups is 1. The first-order valence-electron chi connectivity index (χ1n) is 7.24. The summed E-state index contributed by atoms with van der Waals surface area (Å²) < 4.78 is 13.7. The fourth-order valence-electron chi connectivity index (χ4n) is 2.36. The summed E-state index contributed by atoms with van der Waals surface area (Å²) in [6, 6.07) is 8.19. The molecule has 3 aromatic rings. The molecule has 0 aliphatic rings. The Kier molecular flexibility index (Phi) is 4.35. The van der Waals surface area contributed by atoms with Gasteiger partial charge in [0.2, 0.25) is 0 Å². The van der Waals surface area contributed by atoms with Crippen molar-refractivity contribution in [1.29, 1.82) is 0 Å². The summed E-state index contributed by atoms with van der Waals surface area (Å²) in [4.78, 5) is 35.0. The molecule has 0 heterocycles. The van der Waals surface area contributed by atoms with Gasteiger partial charge in [-0.2, -0.15) is 0 Å². The third kappa shape index (κ3) is 2.86. The van der Waals surface area contributed by atoms with E-state index in [1.54, 1.807) is 6.07 Å². The van der Waals surface area contributed by atoms with Gasteiger partial charge in [-0.3, -0.25) is 14.4 Å². The van der Waals surface area contributed by atoms with E-state index in [0.29, 0.717) is 0 Å². The van der Waals surface area contributed by atoms with Crippen LogP contribution in [-0.2, 0) is 0 Å². The zero-order valence-corrected chi connectivity index (χ0v) is 13.7.